The molecule has 0 fully saturated rings. The second-order valence-electron chi connectivity index (χ2n) is 4.25. The van der Waals surface area contributed by atoms with Crippen LogP contribution in [-0.2, 0) is 6.54 Å². The molecule has 2 aromatic rings. The molecule has 0 unspecified atom stereocenters. The lowest BCUT2D eigenvalue weighted by molar-refractivity contribution is 0.0950. The van der Waals surface area contributed by atoms with E-state index in [1.807, 2.05) is 0 Å². The van der Waals surface area contributed by atoms with E-state index < -0.39 is 11.6 Å². The molecule has 0 aliphatic heterocycles. The van der Waals surface area contributed by atoms with E-state index in [2.05, 4.69) is 10.6 Å². The first-order valence-corrected chi connectivity index (χ1v) is 6.10. The van der Waals surface area contributed by atoms with E-state index in [1.54, 1.807) is 31.3 Å². The number of hydrogen-bond donors (Lipinski definition) is 2. The zero-order chi connectivity index (χ0) is 14.5. The largest absolute Gasteiger partial charge is 0.388 e. The van der Waals surface area contributed by atoms with Crippen LogP contribution in [0.25, 0.3) is 0 Å². The van der Waals surface area contributed by atoms with Gasteiger partial charge in [0.15, 0.2) is 0 Å². The summed E-state index contributed by atoms with van der Waals surface area (Å²) >= 11 is 0. The van der Waals surface area contributed by atoms with Crippen molar-refractivity contribution in [3.8, 4) is 0 Å². The van der Waals surface area contributed by atoms with Crippen molar-refractivity contribution in [3.63, 3.8) is 0 Å². The Balaban J connectivity index is 2.00. The molecule has 2 N–H and O–H groups in total. The quantitative estimate of drug-likeness (QED) is 0.901. The first-order valence-electron chi connectivity index (χ1n) is 6.10. The van der Waals surface area contributed by atoms with Gasteiger partial charge >= 0.3 is 0 Å². The third kappa shape index (κ3) is 3.32. The molecule has 2 aromatic carbocycles. The van der Waals surface area contributed by atoms with Crippen LogP contribution in [0, 0.1) is 11.6 Å². The second-order valence-corrected chi connectivity index (χ2v) is 4.25. The van der Waals surface area contributed by atoms with Gasteiger partial charge in [-0.3, -0.25) is 4.79 Å². The van der Waals surface area contributed by atoms with Gasteiger partial charge in [0.25, 0.3) is 5.91 Å². The van der Waals surface area contributed by atoms with E-state index >= 15 is 0 Å². The molecule has 0 atom stereocenters. The predicted octanol–water partition coefficient (Wildman–Crippen LogP) is 2.94. The molecule has 0 aliphatic rings. The van der Waals surface area contributed by atoms with Gasteiger partial charge in [-0.05, 0) is 30.3 Å². The third-order valence-electron chi connectivity index (χ3n) is 2.89. The Bertz CT molecular complexity index is 612. The van der Waals surface area contributed by atoms with Gasteiger partial charge in [0.05, 0.1) is 0 Å². The molecule has 0 saturated carbocycles. The van der Waals surface area contributed by atoms with Crippen molar-refractivity contribution in [3.05, 3.63) is 65.2 Å². The predicted molar refractivity (Wildman–Crippen MR) is 73.5 cm³/mol. The minimum Gasteiger partial charge on any atom is -0.388 e. The molecule has 104 valence electrons. The molecule has 3 nitrogen and oxygen atoms in total. The molecule has 0 saturated heterocycles. The van der Waals surface area contributed by atoms with Crippen molar-refractivity contribution in [2.75, 3.05) is 12.4 Å². The maximum Gasteiger partial charge on any atom is 0.251 e. The summed E-state index contributed by atoms with van der Waals surface area (Å²) in [6.07, 6.45) is 0. The monoisotopic (exact) mass is 276 g/mol. The number of carbonyl (C=O) groups excluding carboxylic acids is 1. The second kappa shape index (κ2) is 6.14. The van der Waals surface area contributed by atoms with Crippen molar-refractivity contribution in [2.45, 2.75) is 6.54 Å². The molecular weight excluding hydrogens is 262 g/mol. The fourth-order valence-corrected chi connectivity index (χ4v) is 1.73. The van der Waals surface area contributed by atoms with Crippen molar-refractivity contribution in [2.24, 2.45) is 0 Å². The highest BCUT2D eigenvalue weighted by molar-refractivity contribution is 5.94. The summed E-state index contributed by atoms with van der Waals surface area (Å²) in [6, 6.07) is 10.1. The summed E-state index contributed by atoms with van der Waals surface area (Å²) in [5.41, 5.74) is 1.62. The summed E-state index contributed by atoms with van der Waals surface area (Å²) in [5.74, 6) is -1.62. The van der Waals surface area contributed by atoms with Crippen molar-refractivity contribution in [1.29, 1.82) is 0 Å². The van der Waals surface area contributed by atoms with Gasteiger partial charge < -0.3 is 10.6 Å². The Morgan fingerprint density at radius 3 is 2.40 bits per heavy atom. The Hall–Kier alpha value is -2.43. The smallest absolute Gasteiger partial charge is 0.251 e. The zero-order valence-corrected chi connectivity index (χ0v) is 10.9. The highest BCUT2D eigenvalue weighted by Gasteiger charge is 2.08. The molecule has 2 rings (SSSR count). The minimum absolute atomic E-state index is 0.0126. The fraction of sp³-hybridized carbons (Fsp3) is 0.133. The van der Waals surface area contributed by atoms with Crippen LogP contribution in [0.2, 0.25) is 0 Å². The van der Waals surface area contributed by atoms with Crippen molar-refractivity contribution < 1.29 is 13.6 Å². The molecule has 0 radical (unpaired) electrons. The van der Waals surface area contributed by atoms with E-state index in [1.165, 1.54) is 6.07 Å². The number of hydrogen-bond acceptors (Lipinski definition) is 2. The molecule has 0 spiro atoms. The van der Waals surface area contributed by atoms with Crippen LogP contribution in [0.4, 0.5) is 14.5 Å². The van der Waals surface area contributed by atoms with Crippen LogP contribution < -0.4 is 10.6 Å². The number of halogens is 2. The van der Waals surface area contributed by atoms with Crippen LogP contribution in [0.3, 0.4) is 0 Å². The zero-order valence-electron chi connectivity index (χ0n) is 10.9. The summed E-state index contributed by atoms with van der Waals surface area (Å²) in [7, 11) is 1.78. The number of carbonyl (C=O) groups is 1. The van der Waals surface area contributed by atoms with E-state index in [4.69, 9.17) is 0 Å². The fourth-order valence-electron chi connectivity index (χ4n) is 1.73. The molecule has 0 aliphatic carbocycles. The van der Waals surface area contributed by atoms with Crippen molar-refractivity contribution >= 4 is 11.6 Å². The Kier molecular flexibility index (Phi) is 4.30. The van der Waals surface area contributed by atoms with Gasteiger partial charge in [-0.2, -0.15) is 0 Å². The highest BCUT2D eigenvalue weighted by Crippen LogP contribution is 2.11. The number of rotatable bonds is 4. The average molecular weight is 276 g/mol. The molecular formula is C15H14F2N2O. The molecule has 5 heteroatoms. The first kappa shape index (κ1) is 14.0. The Morgan fingerprint density at radius 2 is 1.80 bits per heavy atom. The summed E-state index contributed by atoms with van der Waals surface area (Å²) in [5, 5.41) is 5.54. The number of nitrogens with one attached hydrogen (secondary N) is 2. The summed E-state index contributed by atoms with van der Waals surface area (Å²) < 4.78 is 26.2. The molecule has 0 bridgehead atoms. The minimum atomic E-state index is -0.671. The lowest BCUT2D eigenvalue weighted by atomic mass is 10.1. The lowest BCUT2D eigenvalue weighted by Gasteiger charge is -2.07. The maximum atomic E-state index is 13.4. The molecule has 1 amide bonds. The van der Waals surface area contributed by atoms with E-state index in [0.29, 0.717) is 5.56 Å². The topological polar surface area (TPSA) is 41.1 Å². The molecule has 0 aromatic heterocycles. The number of amides is 1. The van der Waals surface area contributed by atoms with Gasteiger partial charge in [0, 0.05) is 36.5 Å². The van der Waals surface area contributed by atoms with Gasteiger partial charge in [0.2, 0.25) is 0 Å². The Labute approximate surface area is 115 Å². The first-order chi connectivity index (χ1) is 9.60. The van der Waals surface area contributed by atoms with E-state index in [-0.39, 0.29) is 18.0 Å². The van der Waals surface area contributed by atoms with E-state index in [9.17, 15) is 13.6 Å². The summed E-state index contributed by atoms with van der Waals surface area (Å²) in [4.78, 5) is 11.9. The number of benzene rings is 2. The van der Waals surface area contributed by atoms with Gasteiger partial charge in [-0.25, -0.2) is 8.78 Å². The lowest BCUT2D eigenvalue weighted by Crippen LogP contribution is -2.23. The highest BCUT2D eigenvalue weighted by atomic mass is 19.1. The standard InChI is InChI=1S/C15H14F2N2O/c1-18-13-6-3-10(4-7-13)15(20)19-9-11-2-5-12(16)8-14(11)17/h2-8,18H,9H2,1H3,(H,19,20). The average Bonchev–Trinajstić information content (AvgIpc) is 2.46. The third-order valence-corrected chi connectivity index (χ3v) is 2.89. The van der Waals surface area contributed by atoms with Gasteiger partial charge in [-0.15, -0.1) is 0 Å². The van der Waals surface area contributed by atoms with Crippen LogP contribution in [0.1, 0.15) is 15.9 Å². The van der Waals surface area contributed by atoms with E-state index in [0.717, 1.165) is 17.8 Å². The van der Waals surface area contributed by atoms with Crippen LogP contribution >= 0.6 is 0 Å². The molecule has 20 heavy (non-hydrogen) atoms. The molecule has 0 heterocycles. The van der Waals surface area contributed by atoms with Gasteiger partial charge in [0.1, 0.15) is 11.6 Å². The SMILES string of the molecule is CNc1ccc(C(=O)NCc2ccc(F)cc2F)cc1. The Morgan fingerprint density at radius 1 is 1.10 bits per heavy atom. The summed E-state index contributed by atoms with van der Waals surface area (Å²) in [6.45, 7) is 0.0126. The van der Waals surface area contributed by atoms with Crippen molar-refractivity contribution in [1.82, 2.24) is 5.32 Å². The number of anilines is 1. The van der Waals surface area contributed by atoms with Crippen LogP contribution in [-0.4, -0.2) is 13.0 Å². The van der Waals surface area contributed by atoms with Crippen LogP contribution in [0.5, 0.6) is 0 Å². The van der Waals surface area contributed by atoms with Gasteiger partial charge in [-0.1, -0.05) is 6.07 Å². The van der Waals surface area contributed by atoms with Crippen LogP contribution in [0.15, 0.2) is 42.5 Å². The normalized spacial score (nSPS) is 10.2. The maximum absolute atomic E-state index is 13.4.